The lowest BCUT2D eigenvalue weighted by Crippen LogP contribution is -2.09. The Labute approximate surface area is 412 Å². The topological polar surface area (TPSA) is 48.5 Å². The lowest BCUT2D eigenvalue weighted by atomic mass is 9.85. The molecule has 5 nitrogen and oxygen atoms in total. The Morgan fingerprint density at radius 2 is 1.06 bits per heavy atom. The fourth-order valence-electron chi connectivity index (χ4n) is 11.6. The van der Waals surface area contributed by atoms with Crippen LogP contribution in [-0.4, -0.2) is 24.1 Å². The average Bonchev–Trinajstić information content (AvgIpc) is 3.91. The first-order valence-corrected chi connectivity index (χ1v) is 24.8. The van der Waals surface area contributed by atoms with E-state index in [1.807, 2.05) is 0 Å². The molecule has 0 saturated carbocycles. The Kier molecular flexibility index (Phi) is 9.80. The first-order chi connectivity index (χ1) is 35.2. The maximum absolute atomic E-state index is 5.34. The number of para-hydroxylation sites is 3. The smallest absolute Gasteiger partial charge is 0.163 e. The van der Waals surface area contributed by atoms with Gasteiger partial charge in [-0.1, -0.05) is 194 Å². The molecule has 2 atom stereocenters. The van der Waals surface area contributed by atoms with Gasteiger partial charge in [0.25, 0.3) is 0 Å². The molecule has 5 heteroatoms. The minimum atomic E-state index is -0.0606. The number of rotatable bonds is 7. The van der Waals surface area contributed by atoms with Gasteiger partial charge in [0.05, 0.1) is 22.1 Å². The summed E-state index contributed by atoms with van der Waals surface area (Å²) in [6, 6.07) is 78.9. The first-order valence-electron chi connectivity index (χ1n) is 24.8. The third kappa shape index (κ3) is 6.95. The van der Waals surface area contributed by atoms with Crippen molar-refractivity contribution >= 4 is 49.3 Å². The molecular weight excluding hydrogens is 863 g/mol. The molecule has 71 heavy (non-hydrogen) atoms. The van der Waals surface area contributed by atoms with Crippen LogP contribution in [0.25, 0.3) is 100 Å². The molecule has 2 unspecified atom stereocenters. The summed E-state index contributed by atoms with van der Waals surface area (Å²) in [5.41, 5.74) is 18.1. The Balaban J connectivity index is 0.868. The predicted octanol–water partition coefficient (Wildman–Crippen LogP) is 16.4. The average molecular weight is 910 g/mol. The van der Waals surface area contributed by atoms with E-state index in [2.05, 4.69) is 246 Å². The van der Waals surface area contributed by atoms with Gasteiger partial charge in [-0.15, -0.1) is 0 Å². The van der Waals surface area contributed by atoms with Crippen molar-refractivity contribution in [3.63, 3.8) is 0 Å². The standard InChI is InChI=1S/C66H47N5/c1-3-16-43(17-4-1)44-30-32-47(33-31-44)64-67-65(69-66(68-64)49-20-15-21-51(42-49)71-58-27-12-9-23-54(58)55-24-10-13-28-59(55)71)48-34-38-50(39-35-48)70-60-29-14-11-26-57(60)63-61(70)41-37-46-36-40-52(45-18-5-2-6-19-45)53-22-7-8-25-56(53)62(46)63/h1-34,37-39,41-42,48,52H,35-36,40H2. The van der Waals surface area contributed by atoms with Crippen LogP contribution in [0.3, 0.4) is 0 Å². The summed E-state index contributed by atoms with van der Waals surface area (Å²) in [5.74, 6) is 2.34. The molecule has 0 N–H and O–H groups in total. The zero-order chi connectivity index (χ0) is 46.8. The highest BCUT2D eigenvalue weighted by molar-refractivity contribution is 6.17. The number of allylic oxidation sites excluding steroid dienone is 4. The molecule has 3 aromatic heterocycles. The lowest BCUT2D eigenvalue weighted by Gasteiger charge is -2.19. The second-order valence-corrected chi connectivity index (χ2v) is 19.0. The van der Waals surface area contributed by atoms with Crippen LogP contribution in [0.2, 0.25) is 0 Å². The third-order valence-corrected chi connectivity index (χ3v) is 15.0. The van der Waals surface area contributed by atoms with E-state index in [1.54, 1.807) is 0 Å². The van der Waals surface area contributed by atoms with Gasteiger partial charge in [0.1, 0.15) is 5.82 Å². The van der Waals surface area contributed by atoms with Crippen molar-refractivity contribution in [3.05, 3.63) is 259 Å². The van der Waals surface area contributed by atoms with Crippen molar-refractivity contribution in [2.24, 2.45) is 0 Å². The Morgan fingerprint density at radius 1 is 0.451 bits per heavy atom. The quantitative estimate of drug-likeness (QED) is 0.160. The summed E-state index contributed by atoms with van der Waals surface area (Å²) in [6.07, 6.45) is 9.79. The lowest BCUT2D eigenvalue weighted by molar-refractivity contribution is 0.726. The molecular formula is C66H47N5. The van der Waals surface area contributed by atoms with Crippen molar-refractivity contribution < 1.29 is 0 Å². The Hall–Kier alpha value is -8.93. The van der Waals surface area contributed by atoms with Gasteiger partial charge in [0.2, 0.25) is 0 Å². The molecule has 336 valence electrons. The summed E-state index contributed by atoms with van der Waals surface area (Å²) < 4.78 is 4.82. The van der Waals surface area contributed by atoms with Crippen LogP contribution in [-0.2, 0) is 6.42 Å². The molecule has 2 aliphatic rings. The Bertz CT molecular complexity index is 4030. The van der Waals surface area contributed by atoms with E-state index in [9.17, 15) is 0 Å². The van der Waals surface area contributed by atoms with Crippen LogP contribution in [0.4, 0.5) is 0 Å². The van der Waals surface area contributed by atoms with Crippen molar-refractivity contribution in [1.29, 1.82) is 0 Å². The minimum absolute atomic E-state index is 0.0606. The molecule has 2 aliphatic carbocycles. The zero-order valence-corrected chi connectivity index (χ0v) is 39.0. The highest BCUT2D eigenvalue weighted by Gasteiger charge is 2.28. The van der Waals surface area contributed by atoms with Crippen LogP contribution < -0.4 is 0 Å². The fraction of sp³-hybridized carbons (Fsp3) is 0.0758. The van der Waals surface area contributed by atoms with Crippen LogP contribution in [0.15, 0.2) is 237 Å². The number of benzene rings is 9. The largest absolute Gasteiger partial charge is 0.310 e. The maximum Gasteiger partial charge on any atom is 0.163 e. The molecule has 0 fully saturated rings. The fourth-order valence-corrected chi connectivity index (χ4v) is 11.6. The molecule has 0 amide bonds. The highest BCUT2D eigenvalue weighted by Crippen LogP contribution is 2.48. The number of nitrogens with zero attached hydrogens (tertiary/aromatic N) is 5. The third-order valence-electron chi connectivity index (χ3n) is 15.0. The molecule has 0 saturated heterocycles. The monoisotopic (exact) mass is 909 g/mol. The number of hydrogen-bond donors (Lipinski definition) is 0. The number of aromatic nitrogens is 5. The molecule has 3 heterocycles. The van der Waals surface area contributed by atoms with Gasteiger partial charge in [-0.2, -0.15) is 0 Å². The van der Waals surface area contributed by atoms with Gasteiger partial charge in [0.15, 0.2) is 11.6 Å². The van der Waals surface area contributed by atoms with Crippen molar-refractivity contribution in [1.82, 2.24) is 24.1 Å². The predicted molar refractivity (Wildman–Crippen MR) is 293 cm³/mol. The molecule has 14 rings (SSSR count). The van der Waals surface area contributed by atoms with E-state index in [0.29, 0.717) is 17.6 Å². The second kappa shape index (κ2) is 16.9. The normalized spacial score (nSPS) is 15.5. The second-order valence-electron chi connectivity index (χ2n) is 19.0. The summed E-state index contributed by atoms with van der Waals surface area (Å²) in [6.45, 7) is 0. The van der Waals surface area contributed by atoms with Gasteiger partial charge < -0.3 is 9.13 Å². The Morgan fingerprint density at radius 3 is 1.79 bits per heavy atom. The minimum Gasteiger partial charge on any atom is -0.310 e. The first kappa shape index (κ1) is 41.1. The molecule has 0 aliphatic heterocycles. The van der Waals surface area contributed by atoms with E-state index in [4.69, 9.17) is 15.0 Å². The van der Waals surface area contributed by atoms with Crippen LogP contribution in [0.5, 0.6) is 0 Å². The summed E-state index contributed by atoms with van der Waals surface area (Å²) in [7, 11) is 0. The molecule has 12 aromatic rings. The summed E-state index contributed by atoms with van der Waals surface area (Å²) >= 11 is 0. The van der Waals surface area contributed by atoms with E-state index < -0.39 is 0 Å². The van der Waals surface area contributed by atoms with Gasteiger partial charge in [-0.25, -0.2) is 15.0 Å². The van der Waals surface area contributed by atoms with Crippen LogP contribution in [0.1, 0.15) is 47.2 Å². The number of fused-ring (bicyclic) bond motifs is 10. The van der Waals surface area contributed by atoms with Crippen LogP contribution >= 0.6 is 0 Å². The molecule has 0 bridgehead atoms. The SMILES string of the molecule is C1=CC(c2nc(-c3ccc(-c4ccccc4)cc3)nc(-c3cccc(-n4c5ccccc5c5ccccc54)c3)n2)CC=C1n1c2ccccc2c2c3c(ccc21)CCC(c1ccccc1)c1ccccc1-3. The van der Waals surface area contributed by atoms with E-state index >= 15 is 0 Å². The summed E-state index contributed by atoms with van der Waals surface area (Å²) in [5, 5.41) is 5.05. The van der Waals surface area contributed by atoms with Gasteiger partial charge in [-0.05, 0) is 101 Å². The van der Waals surface area contributed by atoms with Crippen molar-refractivity contribution in [2.45, 2.75) is 31.1 Å². The number of hydrogen-bond acceptors (Lipinski definition) is 3. The molecule has 0 radical (unpaired) electrons. The van der Waals surface area contributed by atoms with E-state index in [0.717, 1.165) is 64.2 Å². The highest BCUT2D eigenvalue weighted by atomic mass is 15.0. The van der Waals surface area contributed by atoms with E-state index in [-0.39, 0.29) is 5.92 Å². The van der Waals surface area contributed by atoms with E-state index in [1.165, 1.54) is 66.0 Å². The summed E-state index contributed by atoms with van der Waals surface area (Å²) in [4.78, 5) is 15.9. The zero-order valence-electron chi connectivity index (χ0n) is 39.0. The molecule has 0 spiro atoms. The van der Waals surface area contributed by atoms with Crippen LogP contribution in [0, 0.1) is 0 Å². The van der Waals surface area contributed by atoms with Gasteiger partial charge in [0, 0.05) is 55.9 Å². The van der Waals surface area contributed by atoms with Gasteiger partial charge >= 0.3 is 0 Å². The van der Waals surface area contributed by atoms with Gasteiger partial charge in [-0.3, -0.25) is 0 Å². The number of aryl methyl sites for hydroxylation is 1. The van der Waals surface area contributed by atoms with Crippen molar-refractivity contribution in [2.75, 3.05) is 0 Å². The van der Waals surface area contributed by atoms with Crippen molar-refractivity contribution in [3.8, 4) is 50.7 Å². The molecule has 9 aromatic carbocycles. The maximum atomic E-state index is 5.34.